The summed E-state index contributed by atoms with van der Waals surface area (Å²) < 4.78 is 42.9. The van der Waals surface area contributed by atoms with Gasteiger partial charge in [-0.3, -0.25) is 24.8 Å². The van der Waals surface area contributed by atoms with E-state index < -0.39 is 25.7 Å². The Hall–Kier alpha value is -2.11. The zero-order valence-electron chi connectivity index (χ0n) is 19.7. The van der Waals surface area contributed by atoms with E-state index in [9.17, 15) is 29.4 Å². The number of benzene rings is 2. The van der Waals surface area contributed by atoms with Crippen LogP contribution in [0.2, 0.25) is 0 Å². The second kappa shape index (κ2) is 21.9. The highest BCUT2D eigenvalue weighted by molar-refractivity contribution is 9.10. The lowest BCUT2D eigenvalue weighted by molar-refractivity contribution is -0.385. The van der Waals surface area contributed by atoms with E-state index in [1.807, 2.05) is 0 Å². The van der Waals surface area contributed by atoms with Gasteiger partial charge >= 0.3 is 15.9 Å². The molecule has 0 saturated carbocycles. The quantitative estimate of drug-likeness (QED) is 0.136. The summed E-state index contributed by atoms with van der Waals surface area (Å²) in [6.45, 7) is 8.32. The number of rotatable bonds is 11. The molecule has 0 bridgehead atoms. The Balaban J connectivity index is -0.000000497. The molecule has 0 atom stereocenters. The number of non-ortho nitro benzene ring substituents is 2. The molecule has 0 saturated heterocycles. The molecule has 2 aromatic rings. The van der Waals surface area contributed by atoms with E-state index >= 15 is 0 Å². The largest absolute Gasteiger partial charge is 0.697 e. The summed E-state index contributed by atoms with van der Waals surface area (Å²) in [7, 11) is -5.18. The molecule has 2 rings (SSSR count). The van der Waals surface area contributed by atoms with Crippen LogP contribution in [-0.4, -0.2) is 36.3 Å². The molecular weight excluding hydrogens is 594 g/mol. The number of nitro groups is 2. The molecule has 2 aromatic carbocycles. The minimum absolute atomic E-state index is 0. The third kappa shape index (κ3) is 16.4. The molecule has 0 fully saturated rings. The van der Waals surface area contributed by atoms with Crippen LogP contribution < -0.4 is 5.30 Å². The second-order valence-corrected chi connectivity index (χ2v) is 9.81. The number of hydrogen-bond acceptors (Lipinski definition) is 10. The fourth-order valence-corrected chi connectivity index (χ4v) is 4.42. The summed E-state index contributed by atoms with van der Waals surface area (Å²) >= 11 is 3.17. The van der Waals surface area contributed by atoms with Crippen LogP contribution in [0.5, 0.6) is 0 Å². The fraction of sp³-hybridized carbons (Fsp3) is 0.455. The van der Waals surface area contributed by atoms with E-state index in [0.29, 0.717) is 18.5 Å². The van der Waals surface area contributed by atoms with Gasteiger partial charge in [-0.25, -0.2) is 0 Å². The van der Waals surface area contributed by atoms with E-state index in [1.165, 1.54) is 36.4 Å². The van der Waals surface area contributed by atoms with E-state index in [-0.39, 0.29) is 39.4 Å². The van der Waals surface area contributed by atoms with Gasteiger partial charge in [0.1, 0.15) is 13.2 Å². The normalized spacial score (nSPS) is 9.76. The van der Waals surface area contributed by atoms with Gasteiger partial charge < -0.3 is 9.05 Å². The van der Waals surface area contributed by atoms with E-state index in [1.54, 1.807) is 39.8 Å². The van der Waals surface area contributed by atoms with Gasteiger partial charge in [0.15, 0.2) is 0 Å². The third-order valence-electron chi connectivity index (χ3n) is 3.48. The molecular formula is C22H36BrN2O10P2+. The molecule has 0 heterocycles. The van der Waals surface area contributed by atoms with Crippen molar-refractivity contribution in [1.29, 1.82) is 0 Å². The van der Waals surface area contributed by atoms with Gasteiger partial charge in [-0.15, -0.1) is 9.05 Å². The zero-order valence-corrected chi connectivity index (χ0v) is 23.1. The van der Waals surface area contributed by atoms with Crippen LogP contribution in [0, 0.1) is 20.2 Å². The molecule has 12 nitrogen and oxygen atoms in total. The maximum absolute atomic E-state index is 12.3. The summed E-state index contributed by atoms with van der Waals surface area (Å²) in [5.41, 5.74) is 0.0523. The maximum Gasteiger partial charge on any atom is 0.697 e. The van der Waals surface area contributed by atoms with Crippen molar-refractivity contribution >= 4 is 48.5 Å². The molecule has 0 unspecified atom stereocenters. The monoisotopic (exact) mass is 629 g/mol. The Morgan fingerprint density at radius 2 is 1.11 bits per heavy atom. The van der Waals surface area contributed by atoms with Crippen LogP contribution in [0.15, 0.2) is 53.0 Å². The van der Waals surface area contributed by atoms with Crippen LogP contribution in [-0.2, 0) is 27.2 Å². The third-order valence-corrected chi connectivity index (χ3v) is 7.07. The summed E-state index contributed by atoms with van der Waals surface area (Å²) in [5.74, 6) is 0. The van der Waals surface area contributed by atoms with Crippen LogP contribution >= 0.6 is 31.8 Å². The predicted molar refractivity (Wildman–Crippen MR) is 149 cm³/mol. The van der Waals surface area contributed by atoms with Crippen molar-refractivity contribution in [2.24, 2.45) is 0 Å². The molecule has 0 amide bonds. The van der Waals surface area contributed by atoms with Crippen molar-refractivity contribution in [3.05, 3.63) is 73.2 Å². The summed E-state index contributed by atoms with van der Waals surface area (Å²) in [6, 6.07) is 11.5. The standard InChI is InChI=1S/C10H14NO5P.C6H4BrNO2.C4H10O3P.2CH4/c1-3-15-17(14,16-4-2)10-7-5-9(6-8-10)11(12)13;7-5-1-3-6(4-2-5)8(9)10;1-3-6-8(5)7-4-2;;/h5-8H,3-4H2,1-2H3;1-4H;3-4H2,1-2H3;2*1H4/q;;+1;;. The predicted octanol–water partition coefficient (Wildman–Crippen LogP) is 7.83. The van der Waals surface area contributed by atoms with Gasteiger partial charge in [-0.1, -0.05) is 30.8 Å². The Morgan fingerprint density at radius 3 is 1.41 bits per heavy atom. The molecule has 0 radical (unpaired) electrons. The molecule has 0 N–H and O–H groups in total. The van der Waals surface area contributed by atoms with Crippen LogP contribution in [0.1, 0.15) is 42.5 Å². The lowest BCUT2D eigenvalue weighted by atomic mass is 10.3. The molecule has 0 aliphatic heterocycles. The molecule has 210 valence electrons. The van der Waals surface area contributed by atoms with Crippen molar-refractivity contribution < 1.29 is 37.1 Å². The van der Waals surface area contributed by atoms with Crippen LogP contribution in [0.3, 0.4) is 0 Å². The molecule has 0 aliphatic rings. The van der Waals surface area contributed by atoms with Crippen molar-refractivity contribution in [1.82, 2.24) is 0 Å². The van der Waals surface area contributed by atoms with Gasteiger partial charge in [-0.05, 0) is 52.0 Å². The average Bonchev–Trinajstić information content (AvgIpc) is 2.81. The van der Waals surface area contributed by atoms with Crippen LogP contribution in [0.4, 0.5) is 11.4 Å². The van der Waals surface area contributed by atoms with Crippen molar-refractivity contribution in [3.8, 4) is 0 Å². The Bertz CT molecular complexity index is 958. The lowest BCUT2D eigenvalue weighted by Crippen LogP contribution is -2.10. The topological polar surface area (TPSA) is 157 Å². The number of halogens is 1. The van der Waals surface area contributed by atoms with Gasteiger partial charge in [-0.2, -0.15) is 0 Å². The number of nitrogens with zero attached hydrogens (tertiary/aromatic N) is 2. The van der Waals surface area contributed by atoms with Crippen molar-refractivity contribution in [3.63, 3.8) is 0 Å². The SMILES string of the molecule is C.C.CCOP(=O)(OCC)c1ccc([N+](=O)[O-])cc1.CCO[P+](=O)OCC.O=[N+]([O-])c1ccc(Br)cc1. The van der Waals surface area contributed by atoms with Gasteiger partial charge in [0.25, 0.3) is 11.4 Å². The first kappa shape index (κ1) is 39.4. The zero-order chi connectivity index (χ0) is 26.9. The van der Waals surface area contributed by atoms with Gasteiger partial charge in [0.2, 0.25) is 0 Å². The Labute approximate surface area is 227 Å². The lowest BCUT2D eigenvalue weighted by Gasteiger charge is -2.16. The number of nitro benzene ring substituents is 2. The van der Waals surface area contributed by atoms with Gasteiger partial charge in [0.05, 0.1) is 28.4 Å². The molecule has 37 heavy (non-hydrogen) atoms. The summed E-state index contributed by atoms with van der Waals surface area (Å²) in [5, 5.41) is 20.9. The first-order valence-corrected chi connectivity index (χ1v) is 13.7. The minimum Gasteiger partial charge on any atom is -0.305 e. The van der Waals surface area contributed by atoms with Crippen molar-refractivity contribution in [2.75, 3.05) is 26.4 Å². The second-order valence-electron chi connectivity index (χ2n) is 5.90. The maximum atomic E-state index is 12.3. The van der Waals surface area contributed by atoms with E-state index in [4.69, 9.17) is 9.05 Å². The smallest absolute Gasteiger partial charge is 0.305 e. The Morgan fingerprint density at radius 1 is 0.757 bits per heavy atom. The molecule has 0 aromatic heterocycles. The highest BCUT2D eigenvalue weighted by Crippen LogP contribution is 2.46. The molecule has 15 heteroatoms. The highest BCUT2D eigenvalue weighted by Gasteiger charge is 2.27. The summed E-state index contributed by atoms with van der Waals surface area (Å²) in [4.78, 5) is 19.6. The van der Waals surface area contributed by atoms with E-state index in [2.05, 4.69) is 25.0 Å². The summed E-state index contributed by atoms with van der Waals surface area (Å²) in [6.07, 6.45) is 0. The van der Waals surface area contributed by atoms with Gasteiger partial charge in [0, 0.05) is 33.3 Å². The minimum atomic E-state index is -3.34. The molecule has 0 aliphatic carbocycles. The van der Waals surface area contributed by atoms with Crippen LogP contribution in [0.25, 0.3) is 0 Å². The highest BCUT2D eigenvalue weighted by atomic mass is 79.9. The van der Waals surface area contributed by atoms with Crippen molar-refractivity contribution in [2.45, 2.75) is 42.5 Å². The fourth-order valence-electron chi connectivity index (χ4n) is 2.09. The number of hydrogen-bond donors (Lipinski definition) is 0. The average molecular weight is 630 g/mol. The Kier molecular flexibility index (Phi) is 23.4. The van der Waals surface area contributed by atoms with E-state index in [0.717, 1.165) is 4.47 Å². The molecule has 0 spiro atoms. The first-order chi connectivity index (χ1) is 16.5. The first-order valence-electron chi connectivity index (χ1n) is 10.3.